The molecule has 0 heterocycles. The fourth-order valence-electron chi connectivity index (χ4n) is 1.08. The van der Waals surface area contributed by atoms with Crippen molar-refractivity contribution in [3.8, 4) is 0 Å². The Bertz CT molecular complexity index is 356. The van der Waals surface area contributed by atoms with E-state index in [1.165, 1.54) is 0 Å². The fourth-order valence-corrected chi connectivity index (χ4v) is 1.08. The monoisotopic (exact) mass is 356 g/mol. The lowest BCUT2D eigenvalue weighted by molar-refractivity contribution is -0.452. The van der Waals surface area contributed by atoms with Gasteiger partial charge < -0.3 is 10.2 Å². The van der Waals surface area contributed by atoms with Crippen molar-refractivity contribution in [2.75, 3.05) is 6.61 Å². The highest BCUT2D eigenvalue weighted by Crippen LogP contribution is 2.48. The number of rotatable bonds is 8. The van der Waals surface area contributed by atoms with Gasteiger partial charge in [0.2, 0.25) is 0 Å². The second-order valence-corrected chi connectivity index (χ2v) is 4.08. The molecule has 0 rings (SSSR count). The minimum atomic E-state index is -6.93. The van der Waals surface area contributed by atoms with E-state index in [9.17, 15) is 43.9 Å². The van der Waals surface area contributed by atoms with Gasteiger partial charge in [-0.2, -0.15) is 39.5 Å². The van der Waals surface area contributed by atoms with Crippen LogP contribution in [0.15, 0.2) is 0 Å². The van der Waals surface area contributed by atoms with E-state index < -0.39 is 56.0 Å². The molecule has 13 heteroatoms. The summed E-state index contributed by atoms with van der Waals surface area (Å²) in [6.45, 7) is -0.757. The molecule has 0 radical (unpaired) electrons. The first-order valence-electron chi connectivity index (χ1n) is 5.42. The number of aliphatic hydroxyl groups is 2. The summed E-state index contributed by atoms with van der Waals surface area (Å²) in [5, 5.41) is 17.1. The Morgan fingerprint density at radius 2 is 1.36 bits per heavy atom. The molecule has 0 aromatic carbocycles. The van der Waals surface area contributed by atoms with Crippen LogP contribution in [-0.2, 0) is 4.74 Å². The molecular formula is C9H10F10O3. The second-order valence-electron chi connectivity index (χ2n) is 4.08. The summed E-state index contributed by atoms with van der Waals surface area (Å²) >= 11 is 0. The minimum Gasteiger partial charge on any atom is -0.396 e. The van der Waals surface area contributed by atoms with Crippen LogP contribution in [0.2, 0.25) is 0 Å². The van der Waals surface area contributed by atoms with Crippen LogP contribution in [0, 0.1) is 0 Å². The van der Waals surface area contributed by atoms with E-state index in [1.54, 1.807) is 0 Å². The number of halogens is 10. The average Bonchev–Trinajstić information content (AvgIpc) is 2.33. The molecule has 0 saturated carbocycles. The molecule has 0 amide bonds. The van der Waals surface area contributed by atoms with Crippen LogP contribution in [0.1, 0.15) is 12.8 Å². The smallest absolute Gasteiger partial charge is 0.396 e. The van der Waals surface area contributed by atoms with Crippen molar-refractivity contribution in [3.05, 3.63) is 0 Å². The van der Waals surface area contributed by atoms with Gasteiger partial charge in [0.25, 0.3) is 6.36 Å². The summed E-state index contributed by atoms with van der Waals surface area (Å²) in [6.07, 6.45) is -22.8. The lowest BCUT2D eigenvalue weighted by Crippen LogP contribution is -2.57. The van der Waals surface area contributed by atoms with Crippen molar-refractivity contribution in [1.29, 1.82) is 0 Å². The molecule has 0 fully saturated rings. The molecule has 134 valence electrons. The van der Waals surface area contributed by atoms with Gasteiger partial charge in [0.15, 0.2) is 0 Å². The topological polar surface area (TPSA) is 49.7 Å². The number of ether oxygens (including phenoxy) is 1. The van der Waals surface area contributed by atoms with Crippen LogP contribution in [-0.4, -0.2) is 53.4 Å². The minimum absolute atomic E-state index is 0.543. The van der Waals surface area contributed by atoms with Gasteiger partial charge in [0.1, 0.15) is 6.10 Å². The first-order valence-corrected chi connectivity index (χ1v) is 5.42. The maximum absolute atomic E-state index is 13.1. The first kappa shape index (κ1) is 21.2. The Morgan fingerprint density at radius 3 is 1.73 bits per heavy atom. The van der Waals surface area contributed by atoms with Crippen molar-refractivity contribution in [1.82, 2.24) is 0 Å². The maximum Gasteiger partial charge on any atom is 0.462 e. The molecule has 2 unspecified atom stereocenters. The molecule has 0 aliphatic heterocycles. The summed E-state index contributed by atoms with van der Waals surface area (Å²) in [5.41, 5.74) is 0. The van der Waals surface area contributed by atoms with Gasteiger partial charge in [-0.25, -0.2) is 4.39 Å². The Kier molecular flexibility index (Phi) is 6.49. The van der Waals surface area contributed by atoms with E-state index in [1.807, 2.05) is 0 Å². The maximum atomic E-state index is 13.1. The van der Waals surface area contributed by atoms with Crippen LogP contribution < -0.4 is 0 Å². The lowest BCUT2D eigenvalue weighted by atomic mass is 10.1. The molecule has 0 aromatic heterocycles. The normalized spacial score (nSPS) is 17.5. The summed E-state index contributed by atoms with van der Waals surface area (Å²) in [4.78, 5) is 0. The molecule has 0 bridgehead atoms. The zero-order chi connectivity index (χ0) is 18.0. The van der Waals surface area contributed by atoms with Crippen molar-refractivity contribution in [2.24, 2.45) is 0 Å². The number of hydrogen-bond donors (Lipinski definition) is 2. The van der Waals surface area contributed by atoms with E-state index in [2.05, 4.69) is 4.74 Å². The SMILES string of the molecule is OCCCC(O)C(F)(F)C(F)OC(F)(F)C(F)(F)C(F)(F)F. The molecule has 2 atom stereocenters. The van der Waals surface area contributed by atoms with Crippen LogP contribution in [0.3, 0.4) is 0 Å². The standard InChI is InChI=1S/C9H10F10O3/c10-5(6(11,12)4(21)2-1-3-20)22-9(18,19)7(13,14)8(15,16)17/h4-5,20-21H,1-3H2. The van der Waals surface area contributed by atoms with Gasteiger partial charge in [-0.3, -0.25) is 4.74 Å². The predicted octanol–water partition coefficient (Wildman–Crippen LogP) is 2.86. The van der Waals surface area contributed by atoms with Gasteiger partial charge in [0, 0.05) is 6.61 Å². The largest absolute Gasteiger partial charge is 0.462 e. The molecule has 0 aliphatic rings. The molecule has 0 aliphatic carbocycles. The molecular weight excluding hydrogens is 346 g/mol. The van der Waals surface area contributed by atoms with Crippen molar-refractivity contribution < 1.29 is 58.9 Å². The summed E-state index contributed by atoms with van der Waals surface area (Å²) < 4.78 is 126. The summed E-state index contributed by atoms with van der Waals surface area (Å²) in [7, 11) is 0. The van der Waals surface area contributed by atoms with Crippen LogP contribution in [0.25, 0.3) is 0 Å². The first-order chi connectivity index (χ1) is 9.61. The average molecular weight is 356 g/mol. The summed E-state index contributed by atoms with van der Waals surface area (Å²) in [6, 6.07) is 0. The molecule has 22 heavy (non-hydrogen) atoms. The van der Waals surface area contributed by atoms with Crippen molar-refractivity contribution >= 4 is 0 Å². The van der Waals surface area contributed by atoms with Gasteiger partial charge in [-0.1, -0.05) is 0 Å². The van der Waals surface area contributed by atoms with E-state index in [-0.39, 0.29) is 0 Å². The Labute approximate surface area is 116 Å². The zero-order valence-corrected chi connectivity index (χ0v) is 10.4. The highest BCUT2D eigenvalue weighted by molar-refractivity contribution is 4.87. The molecule has 3 nitrogen and oxygen atoms in total. The van der Waals surface area contributed by atoms with E-state index in [0.29, 0.717) is 0 Å². The summed E-state index contributed by atoms with van der Waals surface area (Å²) in [5.74, 6) is -12.1. The number of aliphatic hydroxyl groups excluding tert-OH is 2. The van der Waals surface area contributed by atoms with Crippen molar-refractivity contribution in [3.63, 3.8) is 0 Å². The third-order valence-electron chi connectivity index (χ3n) is 2.36. The molecule has 0 spiro atoms. The Balaban J connectivity index is 5.13. The predicted molar refractivity (Wildman–Crippen MR) is 49.2 cm³/mol. The number of alkyl halides is 10. The van der Waals surface area contributed by atoms with Crippen molar-refractivity contribution in [2.45, 2.75) is 49.4 Å². The van der Waals surface area contributed by atoms with E-state index in [4.69, 9.17) is 10.2 Å². The van der Waals surface area contributed by atoms with Crippen LogP contribution >= 0.6 is 0 Å². The Hall–Kier alpha value is -0.820. The number of hydrogen-bond acceptors (Lipinski definition) is 3. The lowest BCUT2D eigenvalue weighted by Gasteiger charge is -2.32. The Morgan fingerprint density at radius 1 is 0.909 bits per heavy atom. The third-order valence-corrected chi connectivity index (χ3v) is 2.36. The van der Waals surface area contributed by atoms with E-state index >= 15 is 0 Å². The van der Waals surface area contributed by atoms with Gasteiger partial charge in [-0.15, -0.1) is 0 Å². The van der Waals surface area contributed by atoms with Gasteiger partial charge in [0.05, 0.1) is 0 Å². The second kappa shape index (κ2) is 6.74. The fraction of sp³-hybridized carbons (Fsp3) is 1.00. The molecule has 0 aromatic rings. The van der Waals surface area contributed by atoms with Crippen LogP contribution in [0.5, 0.6) is 0 Å². The zero-order valence-electron chi connectivity index (χ0n) is 10.4. The molecule has 2 N–H and O–H groups in total. The van der Waals surface area contributed by atoms with Gasteiger partial charge in [-0.05, 0) is 12.8 Å². The molecule has 0 saturated heterocycles. The van der Waals surface area contributed by atoms with Gasteiger partial charge >= 0.3 is 24.1 Å². The highest BCUT2D eigenvalue weighted by atomic mass is 19.4. The third kappa shape index (κ3) is 4.35. The van der Waals surface area contributed by atoms with Crippen LogP contribution in [0.4, 0.5) is 43.9 Å². The van der Waals surface area contributed by atoms with E-state index in [0.717, 1.165) is 0 Å². The highest BCUT2D eigenvalue weighted by Gasteiger charge is 2.76. The quantitative estimate of drug-likeness (QED) is 0.658.